The number of amides is 2. The van der Waals surface area contributed by atoms with Gasteiger partial charge in [-0.15, -0.1) is 0 Å². The first-order valence-electron chi connectivity index (χ1n) is 8.39. The number of hydrazine groups is 1. The van der Waals surface area contributed by atoms with E-state index < -0.39 is 0 Å². The Balaban J connectivity index is 1.42. The van der Waals surface area contributed by atoms with Gasteiger partial charge in [0, 0.05) is 31.7 Å². The fraction of sp³-hybridized carbons (Fsp3) is 0.263. The molecule has 3 rings (SSSR count). The van der Waals surface area contributed by atoms with Gasteiger partial charge in [-0.1, -0.05) is 30.3 Å². The predicted molar refractivity (Wildman–Crippen MR) is 93.6 cm³/mol. The highest BCUT2D eigenvalue weighted by Gasteiger charge is 2.23. The van der Waals surface area contributed by atoms with Crippen LogP contribution >= 0.6 is 0 Å². The first-order chi connectivity index (χ1) is 12.6. The third-order valence-electron chi connectivity index (χ3n) is 4.11. The van der Waals surface area contributed by atoms with Crippen molar-refractivity contribution in [1.82, 2.24) is 15.3 Å². The van der Waals surface area contributed by atoms with Gasteiger partial charge < -0.3 is 9.64 Å². The highest BCUT2D eigenvalue weighted by molar-refractivity contribution is 5.93. The van der Waals surface area contributed by atoms with Crippen LogP contribution in [0.15, 0.2) is 54.6 Å². The van der Waals surface area contributed by atoms with Gasteiger partial charge in [-0.25, -0.2) is 14.2 Å². The minimum absolute atomic E-state index is 0.237. The van der Waals surface area contributed by atoms with Crippen molar-refractivity contribution in [2.24, 2.45) is 0 Å². The Morgan fingerprint density at radius 2 is 1.62 bits per heavy atom. The minimum atomic E-state index is -0.385. The Morgan fingerprint density at radius 1 is 0.962 bits per heavy atom. The number of nitrogens with one attached hydrogen (secondary N) is 1. The average molecular weight is 357 g/mol. The Labute approximate surface area is 151 Å². The molecule has 0 aliphatic carbocycles. The second kappa shape index (κ2) is 8.44. The molecule has 0 aromatic heterocycles. The predicted octanol–water partition coefficient (Wildman–Crippen LogP) is 2.42. The van der Waals surface area contributed by atoms with E-state index >= 15 is 0 Å². The van der Waals surface area contributed by atoms with E-state index in [1.807, 2.05) is 30.3 Å². The highest BCUT2D eigenvalue weighted by Crippen LogP contribution is 2.07. The molecule has 2 aromatic rings. The van der Waals surface area contributed by atoms with Crippen LogP contribution in [-0.4, -0.2) is 48.1 Å². The van der Waals surface area contributed by atoms with E-state index in [2.05, 4.69) is 5.43 Å². The topological polar surface area (TPSA) is 61.9 Å². The van der Waals surface area contributed by atoms with Gasteiger partial charge in [-0.3, -0.25) is 10.2 Å². The van der Waals surface area contributed by atoms with Gasteiger partial charge >= 0.3 is 6.09 Å². The zero-order valence-corrected chi connectivity index (χ0v) is 14.2. The summed E-state index contributed by atoms with van der Waals surface area (Å²) < 4.78 is 18.2. The number of hydrogen-bond acceptors (Lipinski definition) is 4. The maximum absolute atomic E-state index is 12.9. The number of benzene rings is 2. The van der Waals surface area contributed by atoms with Crippen molar-refractivity contribution in [3.8, 4) is 0 Å². The van der Waals surface area contributed by atoms with E-state index in [1.165, 1.54) is 24.3 Å². The molecule has 0 radical (unpaired) electrons. The lowest BCUT2D eigenvalue weighted by molar-refractivity contribution is 0.0502. The van der Waals surface area contributed by atoms with Gasteiger partial charge in [0.15, 0.2) is 0 Å². The van der Waals surface area contributed by atoms with Gasteiger partial charge in [0.1, 0.15) is 12.4 Å². The molecule has 136 valence electrons. The molecule has 0 unspecified atom stereocenters. The van der Waals surface area contributed by atoms with Crippen LogP contribution in [0.2, 0.25) is 0 Å². The molecule has 6 nitrogen and oxygen atoms in total. The Kier molecular flexibility index (Phi) is 5.80. The molecule has 2 amide bonds. The first kappa shape index (κ1) is 17.9. The van der Waals surface area contributed by atoms with E-state index in [0.717, 1.165) is 5.56 Å². The zero-order chi connectivity index (χ0) is 18.4. The molecule has 7 heteroatoms. The van der Waals surface area contributed by atoms with Gasteiger partial charge in [0.25, 0.3) is 5.91 Å². The van der Waals surface area contributed by atoms with E-state index in [-0.39, 0.29) is 24.4 Å². The summed E-state index contributed by atoms with van der Waals surface area (Å²) in [5.41, 5.74) is 4.09. The third-order valence-corrected chi connectivity index (χ3v) is 4.11. The third kappa shape index (κ3) is 4.80. The van der Waals surface area contributed by atoms with Crippen molar-refractivity contribution < 1.29 is 18.7 Å². The summed E-state index contributed by atoms with van der Waals surface area (Å²) >= 11 is 0. The number of halogens is 1. The van der Waals surface area contributed by atoms with Crippen molar-refractivity contribution in [3.63, 3.8) is 0 Å². The second-order valence-corrected chi connectivity index (χ2v) is 5.96. The lowest BCUT2D eigenvalue weighted by atomic mass is 10.2. The number of carbonyl (C=O) groups is 2. The van der Waals surface area contributed by atoms with Crippen LogP contribution in [0.5, 0.6) is 0 Å². The van der Waals surface area contributed by atoms with Crippen molar-refractivity contribution in [3.05, 3.63) is 71.5 Å². The molecule has 0 saturated carbocycles. The molecule has 1 N–H and O–H groups in total. The van der Waals surface area contributed by atoms with Crippen LogP contribution in [0.4, 0.5) is 9.18 Å². The number of piperazine rings is 1. The van der Waals surface area contributed by atoms with Gasteiger partial charge in [-0.05, 0) is 29.8 Å². The van der Waals surface area contributed by atoms with Crippen molar-refractivity contribution in [2.75, 3.05) is 26.2 Å². The minimum Gasteiger partial charge on any atom is -0.445 e. The number of ether oxygens (including phenoxy) is 1. The van der Waals surface area contributed by atoms with E-state index in [1.54, 1.807) is 9.91 Å². The van der Waals surface area contributed by atoms with Gasteiger partial charge in [0.2, 0.25) is 0 Å². The Bertz CT molecular complexity index is 744. The molecule has 2 aromatic carbocycles. The number of carbonyl (C=O) groups excluding carboxylic acids is 2. The molecule has 0 bridgehead atoms. The second-order valence-electron chi connectivity index (χ2n) is 5.96. The molecular formula is C19H20FN3O3. The SMILES string of the molecule is O=C(NN1CCN(C(=O)OCc2ccccc2)CC1)c1ccc(F)cc1. The Hall–Kier alpha value is -2.93. The molecule has 1 saturated heterocycles. The lowest BCUT2D eigenvalue weighted by Crippen LogP contribution is -2.54. The van der Waals surface area contributed by atoms with E-state index in [0.29, 0.717) is 31.7 Å². The molecule has 26 heavy (non-hydrogen) atoms. The van der Waals surface area contributed by atoms with Crippen LogP contribution in [0, 0.1) is 5.82 Å². The summed E-state index contributed by atoms with van der Waals surface area (Å²) in [5, 5.41) is 1.74. The summed E-state index contributed by atoms with van der Waals surface area (Å²) in [6.45, 7) is 2.14. The van der Waals surface area contributed by atoms with Crippen LogP contribution in [0.3, 0.4) is 0 Å². The normalized spacial score (nSPS) is 14.7. The molecular weight excluding hydrogens is 337 g/mol. The Morgan fingerprint density at radius 3 is 2.27 bits per heavy atom. The zero-order valence-electron chi connectivity index (χ0n) is 14.2. The fourth-order valence-electron chi connectivity index (χ4n) is 2.62. The van der Waals surface area contributed by atoms with Crippen LogP contribution < -0.4 is 5.43 Å². The van der Waals surface area contributed by atoms with Crippen LogP contribution in [-0.2, 0) is 11.3 Å². The van der Waals surface area contributed by atoms with Crippen molar-refractivity contribution in [2.45, 2.75) is 6.61 Å². The van der Waals surface area contributed by atoms with Crippen molar-refractivity contribution in [1.29, 1.82) is 0 Å². The fourth-order valence-corrected chi connectivity index (χ4v) is 2.62. The van der Waals surface area contributed by atoms with Crippen LogP contribution in [0.25, 0.3) is 0 Å². The maximum Gasteiger partial charge on any atom is 0.410 e. The molecule has 0 atom stereocenters. The maximum atomic E-state index is 12.9. The average Bonchev–Trinajstić information content (AvgIpc) is 2.68. The smallest absolute Gasteiger partial charge is 0.410 e. The summed E-state index contributed by atoms with van der Waals surface area (Å²) in [7, 11) is 0. The molecule has 1 fully saturated rings. The molecule has 1 aliphatic heterocycles. The van der Waals surface area contributed by atoms with E-state index in [4.69, 9.17) is 4.74 Å². The number of nitrogens with zero attached hydrogens (tertiary/aromatic N) is 2. The molecule has 0 spiro atoms. The first-order valence-corrected chi connectivity index (χ1v) is 8.39. The lowest BCUT2D eigenvalue weighted by Gasteiger charge is -2.34. The highest BCUT2D eigenvalue weighted by atomic mass is 19.1. The van der Waals surface area contributed by atoms with E-state index in [9.17, 15) is 14.0 Å². The standard InChI is InChI=1S/C19H20FN3O3/c20-17-8-6-16(7-9-17)18(24)21-23-12-10-22(11-13-23)19(25)26-14-15-4-2-1-3-5-15/h1-9H,10-14H2,(H,21,24). The summed E-state index contributed by atoms with van der Waals surface area (Å²) in [6.07, 6.45) is -0.363. The monoisotopic (exact) mass is 357 g/mol. The van der Waals surface area contributed by atoms with Crippen molar-refractivity contribution >= 4 is 12.0 Å². The quantitative estimate of drug-likeness (QED) is 0.913. The number of rotatable bonds is 4. The summed E-state index contributed by atoms with van der Waals surface area (Å²) in [5.74, 6) is -0.686. The largest absolute Gasteiger partial charge is 0.445 e. The number of hydrogen-bond donors (Lipinski definition) is 1. The summed E-state index contributed by atoms with van der Waals surface area (Å²) in [4.78, 5) is 25.8. The molecule has 1 aliphatic rings. The van der Waals surface area contributed by atoms with Gasteiger partial charge in [0.05, 0.1) is 0 Å². The van der Waals surface area contributed by atoms with Gasteiger partial charge in [-0.2, -0.15) is 0 Å². The van der Waals surface area contributed by atoms with Crippen LogP contribution in [0.1, 0.15) is 15.9 Å². The summed E-state index contributed by atoms with van der Waals surface area (Å²) in [6, 6.07) is 14.9. The molecule has 1 heterocycles.